The first-order chi connectivity index (χ1) is 9.84. The van der Waals surface area contributed by atoms with E-state index in [0.717, 1.165) is 24.3 Å². The first-order valence-corrected chi connectivity index (χ1v) is 7.75. The maximum absolute atomic E-state index is 11.6. The molecule has 106 valence electrons. The minimum Gasteiger partial charge on any atom is -0.356 e. The number of thioether (sulfide) groups is 1. The average molecular weight is 289 g/mol. The van der Waals surface area contributed by atoms with Crippen LogP contribution in [0.15, 0.2) is 47.8 Å². The first-order valence-electron chi connectivity index (χ1n) is 6.76. The minimum atomic E-state index is 0.123. The van der Waals surface area contributed by atoms with Crippen molar-refractivity contribution < 1.29 is 4.79 Å². The highest BCUT2D eigenvalue weighted by atomic mass is 32.2. The van der Waals surface area contributed by atoms with Crippen LogP contribution < -0.4 is 5.32 Å². The number of H-pyrrole nitrogens is 1. The Bertz CT molecular complexity index is 499. The predicted octanol–water partition coefficient (Wildman–Crippen LogP) is 2.64. The van der Waals surface area contributed by atoms with Crippen LogP contribution in [-0.2, 0) is 11.2 Å². The monoisotopic (exact) mass is 289 g/mol. The largest absolute Gasteiger partial charge is 0.356 e. The molecule has 1 heterocycles. The van der Waals surface area contributed by atoms with E-state index in [1.165, 1.54) is 4.90 Å². The number of carbonyl (C=O) groups excluding carboxylic acids is 1. The number of hydrogen-bond acceptors (Lipinski definition) is 3. The molecule has 2 aromatic rings. The van der Waals surface area contributed by atoms with Gasteiger partial charge < -0.3 is 10.3 Å². The molecule has 0 aliphatic heterocycles. The highest BCUT2D eigenvalue weighted by Crippen LogP contribution is 2.18. The van der Waals surface area contributed by atoms with E-state index >= 15 is 0 Å². The lowest BCUT2D eigenvalue weighted by Gasteiger charge is -2.04. The molecular formula is C15H19N3OS. The van der Waals surface area contributed by atoms with Gasteiger partial charge in [0, 0.05) is 36.2 Å². The summed E-state index contributed by atoms with van der Waals surface area (Å²) >= 11 is 1.79. The normalized spacial score (nSPS) is 10.4. The van der Waals surface area contributed by atoms with E-state index in [1.54, 1.807) is 24.3 Å². The number of aromatic amines is 1. The Morgan fingerprint density at radius 3 is 2.90 bits per heavy atom. The van der Waals surface area contributed by atoms with Crippen molar-refractivity contribution in [3.05, 3.63) is 48.5 Å². The molecule has 0 radical (unpaired) electrons. The molecule has 1 aromatic carbocycles. The number of amides is 1. The summed E-state index contributed by atoms with van der Waals surface area (Å²) < 4.78 is 0. The van der Waals surface area contributed by atoms with Crippen LogP contribution in [0.5, 0.6) is 0 Å². The Hall–Kier alpha value is -1.75. The Kier molecular flexibility index (Phi) is 6.17. The molecule has 20 heavy (non-hydrogen) atoms. The van der Waals surface area contributed by atoms with Crippen molar-refractivity contribution >= 4 is 17.7 Å². The summed E-state index contributed by atoms with van der Waals surface area (Å²) in [6.07, 6.45) is 5.71. The Morgan fingerprint density at radius 2 is 2.15 bits per heavy atom. The first kappa shape index (κ1) is 14.7. The van der Waals surface area contributed by atoms with E-state index in [4.69, 9.17) is 0 Å². The van der Waals surface area contributed by atoms with Gasteiger partial charge in [-0.05, 0) is 24.3 Å². The number of nitrogens with zero attached hydrogens (tertiary/aromatic N) is 1. The molecule has 0 unspecified atom stereocenters. The van der Waals surface area contributed by atoms with Gasteiger partial charge in [-0.3, -0.25) is 4.79 Å². The Morgan fingerprint density at radius 1 is 1.30 bits per heavy atom. The fourth-order valence-electron chi connectivity index (χ4n) is 1.79. The van der Waals surface area contributed by atoms with Crippen LogP contribution in [0, 0.1) is 0 Å². The van der Waals surface area contributed by atoms with Crippen LogP contribution in [0.2, 0.25) is 0 Å². The van der Waals surface area contributed by atoms with Crippen molar-refractivity contribution in [3.8, 4) is 0 Å². The van der Waals surface area contributed by atoms with Gasteiger partial charge >= 0.3 is 0 Å². The molecule has 0 bridgehead atoms. The predicted molar refractivity (Wildman–Crippen MR) is 81.7 cm³/mol. The van der Waals surface area contributed by atoms with Gasteiger partial charge in [0.1, 0.15) is 0 Å². The van der Waals surface area contributed by atoms with Gasteiger partial charge in [0.2, 0.25) is 5.91 Å². The van der Waals surface area contributed by atoms with Gasteiger partial charge in [0.15, 0.2) is 0 Å². The highest BCUT2D eigenvalue weighted by molar-refractivity contribution is 7.99. The molecule has 0 atom stereocenters. The smallest absolute Gasteiger partial charge is 0.220 e. The van der Waals surface area contributed by atoms with Gasteiger partial charge in [-0.15, -0.1) is 11.8 Å². The van der Waals surface area contributed by atoms with Crippen LogP contribution in [0.3, 0.4) is 0 Å². The minimum absolute atomic E-state index is 0.123. The van der Waals surface area contributed by atoms with Crippen molar-refractivity contribution in [2.45, 2.75) is 24.2 Å². The SMILES string of the molecule is O=C(CCCSc1ccccc1)NCCc1cnc[nH]1. The maximum atomic E-state index is 11.6. The molecule has 1 amide bonds. The second kappa shape index (κ2) is 8.43. The molecule has 1 aromatic heterocycles. The Labute approximate surface area is 123 Å². The summed E-state index contributed by atoms with van der Waals surface area (Å²) in [6, 6.07) is 10.3. The lowest BCUT2D eigenvalue weighted by Crippen LogP contribution is -2.25. The molecule has 0 fully saturated rings. The third-order valence-electron chi connectivity index (χ3n) is 2.83. The molecule has 0 saturated heterocycles. The van der Waals surface area contributed by atoms with Crippen LogP contribution >= 0.6 is 11.8 Å². The van der Waals surface area contributed by atoms with Crippen molar-refractivity contribution in [3.63, 3.8) is 0 Å². The summed E-state index contributed by atoms with van der Waals surface area (Å²) in [4.78, 5) is 19.8. The molecular weight excluding hydrogens is 270 g/mol. The summed E-state index contributed by atoms with van der Waals surface area (Å²) in [5.41, 5.74) is 1.05. The number of rotatable bonds is 8. The van der Waals surface area contributed by atoms with Crippen molar-refractivity contribution in [1.82, 2.24) is 15.3 Å². The second-order valence-corrected chi connectivity index (χ2v) is 5.61. The topological polar surface area (TPSA) is 57.8 Å². The molecule has 0 spiro atoms. The molecule has 4 nitrogen and oxygen atoms in total. The van der Waals surface area contributed by atoms with Crippen LogP contribution in [0.25, 0.3) is 0 Å². The molecule has 0 saturated carbocycles. The lowest BCUT2D eigenvalue weighted by molar-refractivity contribution is -0.121. The van der Waals surface area contributed by atoms with Gasteiger partial charge in [0.05, 0.1) is 6.33 Å². The van der Waals surface area contributed by atoms with E-state index in [0.29, 0.717) is 13.0 Å². The quantitative estimate of drug-likeness (QED) is 0.580. The zero-order valence-corrected chi connectivity index (χ0v) is 12.2. The lowest BCUT2D eigenvalue weighted by atomic mass is 10.3. The molecule has 5 heteroatoms. The van der Waals surface area contributed by atoms with Gasteiger partial charge in [-0.2, -0.15) is 0 Å². The van der Waals surface area contributed by atoms with Gasteiger partial charge in [-0.25, -0.2) is 4.98 Å². The van der Waals surface area contributed by atoms with Crippen LogP contribution in [0.4, 0.5) is 0 Å². The fraction of sp³-hybridized carbons (Fsp3) is 0.333. The zero-order valence-electron chi connectivity index (χ0n) is 11.3. The summed E-state index contributed by atoms with van der Waals surface area (Å²) in [5, 5.41) is 2.92. The number of imidazole rings is 1. The third kappa shape index (κ3) is 5.48. The molecule has 2 rings (SSSR count). The number of aromatic nitrogens is 2. The average Bonchev–Trinajstić information content (AvgIpc) is 2.98. The van der Waals surface area contributed by atoms with Crippen LogP contribution in [-0.4, -0.2) is 28.2 Å². The Balaban J connectivity index is 1.52. The van der Waals surface area contributed by atoms with Crippen molar-refractivity contribution in [2.75, 3.05) is 12.3 Å². The number of hydrogen-bond donors (Lipinski definition) is 2. The number of benzene rings is 1. The van der Waals surface area contributed by atoms with E-state index < -0.39 is 0 Å². The summed E-state index contributed by atoms with van der Waals surface area (Å²) in [6.45, 7) is 0.660. The highest BCUT2D eigenvalue weighted by Gasteiger charge is 2.01. The summed E-state index contributed by atoms with van der Waals surface area (Å²) in [7, 11) is 0. The zero-order chi connectivity index (χ0) is 14.0. The van der Waals surface area contributed by atoms with Crippen LogP contribution in [0.1, 0.15) is 18.5 Å². The third-order valence-corrected chi connectivity index (χ3v) is 3.93. The standard InChI is InChI=1S/C15H19N3OS/c19-15(17-9-8-13-11-16-12-18-13)7-4-10-20-14-5-2-1-3-6-14/h1-3,5-6,11-12H,4,7-10H2,(H,16,18)(H,17,19). The van der Waals surface area contributed by atoms with Gasteiger partial charge in [-0.1, -0.05) is 18.2 Å². The molecule has 2 N–H and O–H groups in total. The number of carbonyl (C=O) groups is 1. The fourth-order valence-corrected chi connectivity index (χ4v) is 2.66. The molecule has 0 aliphatic carbocycles. The molecule has 0 aliphatic rings. The second-order valence-electron chi connectivity index (χ2n) is 4.44. The van der Waals surface area contributed by atoms with Crippen molar-refractivity contribution in [2.24, 2.45) is 0 Å². The van der Waals surface area contributed by atoms with E-state index in [2.05, 4.69) is 27.4 Å². The van der Waals surface area contributed by atoms with E-state index in [-0.39, 0.29) is 5.91 Å². The summed E-state index contributed by atoms with van der Waals surface area (Å²) in [5.74, 6) is 1.09. The van der Waals surface area contributed by atoms with E-state index in [1.807, 2.05) is 18.2 Å². The van der Waals surface area contributed by atoms with Crippen molar-refractivity contribution in [1.29, 1.82) is 0 Å². The van der Waals surface area contributed by atoms with Gasteiger partial charge in [0.25, 0.3) is 0 Å². The van der Waals surface area contributed by atoms with E-state index in [9.17, 15) is 4.79 Å². The maximum Gasteiger partial charge on any atom is 0.220 e. The number of nitrogens with one attached hydrogen (secondary N) is 2.